The second-order valence-electron chi connectivity index (χ2n) is 6.35. The van der Waals surface area contributed by atoms with Crippen molar-refractivity contribution in [1.82, 2.24) is 9.97 Å². The molecule has 6 heteroatoms. The zero-order valence-electron chi connectivity index (χ0n) is 16.1. The summed E-state index contributed by atoms with van der Waals surface area (Å²) >= 11 is 6.00. The van der Waals surface area contributed by atoms with Crippen LogP contribution < -0.4 is 14.2 Å². The van der Waals surface area contributed by atoms with Crippen molar-refractivity contribution in [3.8, 4) is 28.8 Å². The van der Waals surface area contributed by atoms with Crippen molar-refractivity contribution in [2.75, 3.05) is 14.2 Å². The standard InChI is InChI=1S/C23H19ClN2O3/c1-27-20-12-7-15(13-21(20)28-2)14-29-23-18-5-3-4-6-19(18)25-22(26-23)16-8-10-17(24)11-9-16/h3-13H,14H2,1-2H3. The van der Waals surface area contributed by atoms with E-state index in [1.165, 1.54) is 0 Å². The molecule has 29 heavy (non-hydrogen) atoms. The number of benzene rings is 3. The van der Waals surface area contributed by atoms with E-state index >= 15 is 0 Å². The molecule has 1 heterocycles. The average Bonchev–Trinajstić information content (AvgIpc) is 2.77. The molecule has 0 saturated carbocycles. The maximum atomic E-state index is 6.09. The van der Waals surface area contributed by atoms with Gasteiger partial charge in [0, 0.05) is 10.6 Å². The highest BCUT2D eigenvalue weighted by Crippen LogP contribution is 2.30. The summed E-state index contributed by atoms with van der Waals surface area (Å²) in [4.78, 5) is 9.33. The number of aromatic nitrogens is 2. The topological polar surface area (TPSA) is 53.5 Å². The first-order valence-corrected chi connectivity index (χ1v) is 9.42. The summed E-state index contributed by atoms with van der Waals surface area (Å²) in [6.07, 6.45) is 0. The first kappa shape index (κ1) is 19.0. The van der Waals surface area contributed by atoms with Crippen molar-refractivity contribution in [2.24, 2.45) is 0 Å². The Labute approximate surface area is 173 Å². The molecular formula is C23H19ClN2O3. The van der Waals surface area contributed by atoms with Crippen LogP contribution in [0.25, 0.3) is 22.3 Å². The van der Waals surface area contributed by atoms with Crippen LogP contribution in [-0.2, 0) is 6.61 Å². The summed E-state index contributed by atoms with van der Waals surface area (Å²) in [7, 11) is 3.22. The third-order valence-corrected chi connectivity index (χ3v) is 4.75. The van der Waals surface area contributed by atoms with E-state index in [2.05, 4.69) is 9.97 Å². The fraction of sp³-hybridized carbons (Fsp3) is 0.130. The highest BCUT2D eigenvalue weighted by Gasteiger charge is 2.12. The smallest absolute Gasteiger partial charge is 0.225 e. The Balaban J connectivity index is 1.68. The molecule has 4 aromatic rings. The van der Waals surface area contributed by atoms with Gasteiger partial charge in [-0.05, 0) is 54.1 Å². The molecule has 0 saturated heterocycles. The minimum Gasteiger partial charge on any atom is -0.493 e. The minimum atomic E-state index is 0.335. The number of halogens is 1. The predicted octanol–water partition coefficient (Wildman–Crippen LogP) is 5.55. The van der Waals surface area contributed by atoms with Crippen LogP contribution in [0.3, 0.4) is 0 Å². The molecule has 0 spiro atoms. The Hall–Kier alpha value is -3.31. The lowest BCUT2D eigenvalue weighted by molar-refractivity contribution is 0.296. The number of methoxy groups -OCH3 is 2. The Morgan fingerprint density at radius 1 is 0.828 bits per heavy atom. The summed E-state index contributed by atoms with van der Waals surface area (Å²) in [5.74, 6) is 2.44. The van der Waals surface area contributed by atoms with E-state index in [9.17, 15) is 0 Å². The summed E-state index contributed by atoms with van der Waals surface area (Å²) < 4.78 is 16.7. The summed E-state index contributed by atoms with van der Waals surface area (Å²) in [6.45, 7) is 0.335. The molecule has 0 amide bonds. The van der Waals surface area contributed by atoms with E-state index in [1.807, 2.05) is 66.7 Å². The maximum Gasteiger partial charge on any atom is 0.225 e. The molecule has 0 atom stereocenters. The largest absolute Gasteiger partial charge is 0.493 e. The van der Waals surface area contributed by atoms with E-state index in [1.54, 1.807) is 14.2 Å². The van der Waals surface area contributed by atoms with Crippen molar-refractivity contribution in [1.29, 1.82) is 0 Å². The monoisotopic (exact) mass is 406 g/mol. The van der Waals surface area contributed by atoms with E-state index < -0.39 is 0 Å². The van der Waals surface area contributed by atoms with Crippen LogP contribution in [0.4, 0.5) is 0 Å². The van der Waals surface area contributed by atoms with Gasteiger partial charge in [-0.25, -0.2) is 4.98 Å². The number of fused-ring (bicyclic) bond motifs is 1. The van der Waals surface area contributed by atoms with Crippen LogP contribution >= 0.6 is 11.6 Å². The summed E-state index contributed by atoms with van der Waals surface area (Å²) in [6, 6.07) is 20.9. The van der Waals surface area contributed by atoms with Crippen LogP contribution in [-0.4, -0.2) is 24.2 Å². The molecule has 146 valence electrons. The number of rotatable bonds is 6. The summed E-state index contributed by atoms with van der Waals surface area (Å²) in [5, 5.41) is 1.52. The fourth-order valence-corrected chi connectivity index (χ4v) is 3.13. The quantitative estimate of drug-likeness (QED) is 0.420. The van der Waals surface area contributed by atoms with Crippen molar-refractivity contribution < 1.29 is 14.2 Å². The van der Waals surface area contributed by atoms with Gasteiger partial charge in [0.25, 0.3) is 0 Å². The average molecular weight is 407 g/mol. The lowest BCUT2D eigenvalue weighted by Crippen LogP contribution is -2.01. The van der Waals surface area contributed by atoms with Crippen LogP contribution in [0, 0.1) is 0 Å². The Morgan fingerprint density at radius 2 is 1.59 bits per heavy atom. The second kappa shape index (κ2) is 8.37. The van der Waals surface area contributed by atoms with Crippen molar-refractivity contribution in [3.05, 3.63) is 77.3 Å². The van der Waals surface area contributed by atoms with Gasteiger partial charge in [-0.2, -0.15) is 4.98 Å². The molecule has 3 aromatic carbocycles. The van der Waals surface area contributed by atoms with Crippen LogP contribution in [0.15, 0.2) is 66.7 Å². The van der Waals surface area contributed by atoms with Crippen molar-refractivity contribution in [3.63, 3.8) is 0 Å². The highest BCUT2D eigenvalue weighted by atomic mass is 35.5. The molecule has 1 aromatic heterocycles. The molecule has 0 aliphatic heterocycles. The molecule has 0 fully saturated rings. The van der Waals surface area contributed by atoms with E-state index in [4.69, 9.17) is 25.8 Å². The van der Waals surface area contributed by atoms with Gasteiger partial charge in [0.2, 0.25) is 5.88 Å². The zero-order valence-corrected chi connectivity index (χ0v) is 16.8. The zero-order chi connectivity index (χ0) is 20.2. The lowest BCUT2D eigenvalue weighted by Gasteiger charge is -2.12. The molecule has 0 bridgehead atoms. The predicted molar refractivity (Wildman–Crippen MR) is 114 cm³/mol. The van der Waals surface area contributed by atoms with Gasteiger partial charge < -0.3 is 14.2 Å². The number of ether oxygens (including phenoxy) is 3. The Kier molecular flexibility index (Phi) is 5.49. The number of hydrogen-bond acceptors (Lipinski definition) is 5. The van der Waals surface area contributed by atoms with Gasteiger partial charge in [0.1, 0.15) is 6.61 Å². The van der Waals surface area contributed by atoms with Gasteiger partial charge in [-0.1, -0.05) is 29.8 Å². The highest BCUT2D eigenvalue weighted by molar-refractivity contribution is 6.30. The molecule has 4 rings (SSSR count). The molecule has 0 aliphatic carbocycles. The van der Waals surface area contributed by atoms with Gasteiger partial charge in [0.05, 0.1) is 25.1 Å². The molecular weight excluding hydrogens is 388 g/mol. The van der Waals surface area contributed by atoms with Crippen LogP contribution in [0.1, 0.15) is 5.56 Å². The van der Waals surface area contributed by atoms with Gasteiger partial charge in [0.15, 0.2) is 17.3 Å². The number of hydrogen-bond donors (Lipinski definition) is 0. The van der Waals surface area contributed by atoms with Crippen molar-refractivity contribution >= 4 is 22.5 Å². The fourth-order valence-electron chi connectivity index (χ4n) is 3.01. The first-order chi connectivity index (χ1) is 14.2. The van der Waals surface area contributed by atoms with Gasteiger partial charge in [-0.15, -0.1) is 0 Å². The first-order valence-electron chi connectivity index (χ1n) is 9.04. The van der Waals surface area contributed by atoms with Crippen LogP contribution in [0.2, 0.25) is 5.02 Å². The van der Waals surface area contributed by atoms with E-state index in [-0.39, 0.29) is 0 Å². The van der Waals surface area contributed by atoms with Gasteiger partial charge >= 0.3 is 0 Å². The number of nitrogens with zero attached hydrogens (tertiary/aromatic N) is 2. The normalized spacial score (nSPS) is 10.7. The Morgan fingerprint density at radius 3 is 2.34 bits per heavy atom. The lowest BCUT2D eigenvalue weighted by atomic mass is 10.2. The third-order valence-electron chi connectivity index (χ3n) is 4.49. The molecule has 5 nitrogen and oxygen atoms in total. The molecule has 0 N–H and O–H groups in total. The SMILES string of the molecule is COc1ccc(COc2nc(-c3ccc(Cl)cc3)nc3ccccc23)cc1OC. The Bertz CT molecular complexity index is 1150. The second-order valence-corrected chi connectivity index (χ2v) is 6.79. The molecule has 0 unspecified atom stereocenters. The maximum absolute atomic E-state index is 6.09. The van der Waals surface area contributed by atoms with Crippen molar-refractivity contribution in [2.45, 2.75) is 6.61 Å². The summed E-state index contributed by atoms with van der Waals surface area (Å²) in [5.41, 5.74) is 2.63. The third kappa shape index (κ3) is 4.10. The molecule has 0 aliphatic rings. The number of para-hydroxylation sites is 1. The van der Waals surface area contributed by atoms with E-state index in [0.717, 1.165) is 22.0 Å². The minimum absolute atomic E-state index is 0.335. The van der Waals surface area contributed by atoms with Crippen LogP contribution in [0.5, 0.6) is 17.4 Å². The van der Waals surface area contributed by atoms with Gasteiger partial charge in [-0.3, -0.25) is 0 Å². The van der Waals surface area contributed by atoms with E-state index in [0.29, 0.717) is 34.8 Å². The molecule has 0 radical (unpaired) electrons.